The summed E-state index contributed by atoms with van der Waals surface area (Å²) >= 11 is 6.41. The van der Waals surface area contributed by atoms with Crippen LogP contribution in [-0.2, 0) is 17.3 Å². The molecule has 2 heterocycles. The summed E-state index contributed by atoms with van der Waals surface area (Å²) < 4.78 is 51.9. The fraction of sp³-hybridized carbons (Fsp3) is 0.240. The van der Waals surface area contributed by atoms with E-state index >= 15 is 4.39 Å². The number of aryl methyl sites for hydroxylation is 2. The predicted octanol–water partition coefficient (Wildman–Crippen LogP) is 5.40. The Hall–Kier alpha value is -3.79. The largest absolute Gasteiger partial charge is 0.586 e. The Kier molecular flexibility index (Phi) is 6.12. The van der Waals surface area contributed by atoms with Crippen LogP contribution in [0.4, 0.5) is 13.2 Å². The van der Waals surface area contributed by atoms with Crippen LogP contribution < -0.4 is 15.0 Å². The van der Waals surface area contributed by atoms with Crippen molar-refractivity contribution in [3.05, 3.63) is 73.9 Å². The molecular weight excluding hydrogens is 501 g/mol. The standard InChI is InChI=1S/C25H20ClF3N2O5/c1-12-21(24(2,3)23(33)34)20(22(32)31(4)30-12)19-14(15(26)8-9-16(19)27)7-5-13-6-10-17-18(11-13)36-25(28,29)35-17/h5-11H,1-4H3,(H,33,34)/b7-5+. The molecular formula is C25H20ClF3N2O5. The van der Waals surface area contributed by atoms with Crippen LogP contribution >= 0.6 is 11.6 Å². The van der Waals surface area contributed by atoms with Crippen molar-refractivity contribution < 1.29 is 32.5 Å². The summed E-state index contributed by atoms with van der Waals surface area (Å²) in [6.07, 6.45) is -0.912. The molecule has 1 aliphatic rings. The van der Waals surface area contributed by atoms with Crippen molar-refractivity contribution in [2.75, 3.05) is 0 Å². The van der Waals surface area contributed by atoms with E-state index in [2.05, 4.69) is 14.6 Å². The lowest BCUT2D eigenvalue weighted by atomic mass is 9.79. The first kappa shape index (κ1) is 25.3. The van der Waals surface area contributed by atoms with Gasteiger partial charge in [0, 0.05) is 28.8 Å². The van der Waals surface area contributed by atoms with E-state index in [0.29, 0.717) is 5.56 Å². The third kappa shape index (κ3) is 4.32. The lowest BCUT2D eigenvalue weighted by Gasteiger charge is -2.26. The smallest absolute Gasteiger partial charge is 0.481 e. The molecule has 0 fully saturated rings. The number of nitrogens with zero attached hydrogens (tertiary/aromatic N) is 2. The van der Waals surface area contributed by atoms with Gasteiger partial charge in [0.1, 0.15) is 5.82 Å². The molecule has 0 radical (unpaired) electrons. The van der Waals surface area contributed by atoms with E-state index < -0.39 is 29.1 Å². The Bertz CT molecular complexity index is 1500. The molecule has 0 saturated carbocycles. The predicted molar refractivity (Wildman–Crippen MR) is 127 cm³/mol. The van der Waals surface area contributed by atoms with Crippen LogP contribution in [0.3, 0.4) is 0 Å². The monoisotopic (exact) mass is 520 g/mol. The van der Waals surface area contributed by atoms with Crippen LogP contribution in [0, 0.1) is 12.7 Å². The average Bonchev–Trinajstić information content (AvgIpc) is 3.09. The molecule has 0 spiro atoms. The lowest BCUT2D eigenvalue weighted by molar-refractivity contribution is -0.286. The highest BCUT2D eigenvalue weighted by molar-refractivity contribution is 6.32. The fourth-order valence-corrected chi connectivity index (χ4v) is 4.33. The molecule has 1 aliphatic heterocycles. The van der Waals surface area contributed by atoms with Gasteiger partial charge in [0.25, 0.3) is 5.56 Å². The minimum atomic E-state index is -3.78. The normalized spacial score (nSPS) is 14.4. The summed E-state index contributed by atoms with van der Waals surface area (Å²) in [5.74, 6) is -2.37. The minimum absolute atomic E-state index is 0.0410. The number of hydrogen-bond donors (Lipinski definition) is 1. The average molecular weight is 521 g/mol. The van der Waals surface area contributed by atoms with Crippen LogP contribution in [0.5, 0.6) is 11.5 Å². The SMILES string of the molecule is Cc1nn(C)c(=O)c(-c2c(F)ccc(Cl)c2/C=C/c2ccc3c(c2)OC(F)(F)O3)c1C(C)(C)C(=O)O. The van der Waals surface area contributed by atoms with Crippen LogP contribution in [0.25, 0.3) is 23.3 Å². The van der Waals surface area contributed by atoms with Gasteiger partial charge in [0.05, 0.1) is 16.7 Å². The molecule has 4 rings (SSSR count). The second-order valence-corrected chi connectivity index (χ2v) is 9.13. The maximum atomic E-state index is 15.4. The zero-order valence-corrected chi connectivity index (χ0v) is 20.3. The molecule has 0 aliphatic carbocycles. The number of aromatic nitrogens is 2. The summed E-state index contributed by atoms with van der Waals surface area (Å²) in [5.41, 5.74) is -1.96. The van der Waals surface area contributed by atoms with E-state index in [1.807, 2.05) is 0 Å². The van der Waals surface area contributed by atoms with Gasteiger partial charge in [-0.15, -0.1) is 8.78 Å². The lowest BCUT2D eigenvalue weighted by Crippen LogP contribution is -2.35. The molecule has 0 amide bonds. The van der Waals surface area contributed by atoms with Crippen molar-refractivity contribution >= 4 is 29.7 Å². The van der Waals surface area contributed by atoms with Crippen molar-refractivity contribution in [2.24, 2.45) is 7.05 Å². The Morgan fingerprint density at radius 2 is 1.81 bits per heavy atom. The van der Waals surface area contributed by atoms with Gasteiger partial charge in [-0.05, 0) is 50.6 Å². The van der Waals surface area contributed by atoms with Gasteiger partial charge < -0.3 is 14.6 Å². The summed E-state index contributed by atoms with van der Waals surface area (Å²) in [6.45, 7) is 4.31. The number of carbonyl (C=O) groups is 1. The maximum absolute atomic E-state index is 15.4. The van der Waals surface area contributed by atoms with E-state index in [9.17, 15) is 23.5 Å². The molecule has 0 bridgehead atoms. The van der Waals surface area contributed by atoms with Gasteiger partial charge in [-0.1, -0.05) is 29.8 Å². The third-order valence-electron chi connectivity index (χ3n) is 5.84. The molecule has 3 aromatic rings. The number of alkyl halides is 2. The third-order valence-corrected chi connectivity index (χ3v) is 6.17. The molecule has 0 saturated heterocycles. The number of benzene rings is 2. The highest BCUT2D eigenvalue weighted by Gasteiger charge is 2.43. The fourth-order valence-electron chi connectivity index (χ4n) is 4.11. The second kappa shape index (κ2) is 8.70. The number of aliphatic carboxylic acids is 1. The molecule has 0 atom stereocenters. The van der Waals surface area contributed by atoms with Crippen molar-refractivity contribution in [3.8, 4) is 22.6 Å². The number of rotatable bonds is 5. The van der Waals surface area contributed by atoms with E-state index in [1.54, 1.807) is 0 Å². The first-order valence-electron chi connectivity index (χ1n) is 10.6. The van der Waals surface area contributed by atoms with Crippen LogP contribution in [0.2, 0.25) is 5.02 Å². The van der Waals surface area contributed by atoms with Gasteiger partial charge in [-0.3, -0.25) is 9.59 Å². The first-order chi connectivity index (χ1) is 16.7. The zero-order chi connectivity index (χ0) is 26.6. The number of carboxylic acid groups (broad SMARTS) is 1. The number of carboxylic acids is 1. The van der Waals surface area contributed by atoms with Gasteiger partial charge in [0.2, 0.25) is 0 Å². The van der Waals surface area contributed by atoms with E-state index in [1.165, 1.54) is 64.2 Å². The zero-order valence-electron chi connectivity index (χ0n) is 19.5. The summed E-state index contributed by atoms with van der Waals surface area (Å²) in [6, 6.07) is 6.43. The van der Waals surface area contributed by atoms with Crippen molar-refractivity contribution in [1.82, 2.24) is 9.78 Å². The molecule has 11 heteroatoms. The van der Waals surface area contributed by atoms with Crippen LogP contribution in [0.1, 0.15) is 36.2 Å². The van der Waals surface area contributed by atoms with E-state index in [0.717, 1.165) is 10.7 Å². The quantitative estimate of drug-likeness (QED) is 0.453. The topological polar surface area (TPSA) is 90.7 Å². The summed E-state index contributed by atoms with van der Waals surface area (Å²) in [7, 11) is 1.37. The number of ether oxygens (including phenoxy) is 2. The number of fused-ring (bicyclic) bond motifs is 1. The highest BCUT2D eigenvalue weighted by atomic mass is 35.5. The molecule has 7 nitrogen and oxygen atoms in total. The Balaban J connectivity index is 1.94. The Labute approximate surface area is 208 Å². The minimum Gasteiger partial charge on any atom is -0.481 e. The van der Waals surface area contributed by atoms with E-state index in [-0.39, 0.29) is 44.5 Å². The number of halogens is 4. The molecule has 0 unspecified atom stereocenters. The Morgan fingerprint density at radius 1 is 1.14 bits per heavy atom. The Morgan fingerprint density at radius 3 is 2.47 bits per heavy atom. The second-order valence-electron chi connectivity index (χ2n) is 8.72. The van der Waals surface area contributed by atoms with E-state index in [4.69, 9.17) is 11.6 Å². The van der Waals surface area contributed by atoms with Gasteiger partial charge >= 0.3 is 12.3 Å². The first-order valence-corrected chi connectivity index (χ1v) is 11.0. The van der Waals surface area contributed by atoms with Crippen molar-refractivity contribution in [3.63, 3.8) is 0 Å². The van der Waals surface area contributed by atoms with Crippen molar-refractivity contribution in [1.29, 1.82) is 0 Å². The van der Waals surface area contributed by atoms with Crippen LogP contribution in [-0.4, -0.2) is 27.2 Å². The molecule has 36 heavy (non-hydrogen) atoms. The molecule has 188 valence electrons. The van der Waals surface area contributed by atoms with Crippen molar-refractivity contribution in [2.45, 2.75) is 32.5 Å². The van der Waals surface area contributed by atoms with Crippen LogP contribution in [0.15, 0.2) is 35.1 Å². The van der Waals surface area contributed by atoms with Gasteiger partial charge in [-0.25, -0.2) is 9.07 Å². The summed E-state index contributed by atoms with van der Waals surface area (Å²) in [4.78, 5) is 25.4. The summed E-state index contributed by atoms with van der Waals surface area (Å²) in [5, 5.41) is 14.0. The molecule has 1 aromatic heterocycles. The molecule has 2 aromatic carbocycles. The van der Waals surface area contributed by atoms with Gasteiger partial charge in [-0.2, -0.15) is 5.10 Å². The molecule has 1 N–H and O–H groups in total. The number of hydrogen-bond acceptors (Lipinski definition) is 5. The maximum Gasteiger partial charge on any atom is 0.586 e. The van der Waals surface area contributed by atoms with Gasteiger partial charge in [0.15, 0.2) is 11.5 Å². The highest BCUT2D eigenvalue weighted by Crippen LogP contribution is 2.42.